The number of benzene rings is 3. The van der Waals surface area contributed by atoms with Crippen LogP contribution in [0, 0.1) is 6.92 Å². The average molecular weight is 392 g/mol. The number of rotatable bonds is 4. The summed E-state index contributed by atoms with van der Waals surface area (Å²) in [6, 6.07) is 28.1. The molecule has 0 amide bonds. The molecule has 5 heteroatoms. The van der Waals surface area contributed by atoms with Crippen LogP contribution in [0.2, 0.25) is 0 Å². The normalized spacial score (nSPS) is 11.0. The van der Waals surface area contributed by atoms with Crippen molar-refractivity contribution >= 4 is 22.6 Å². The Kier molecular flexibility index (Phi) is 4.48. The number of aromatic nitrogens is 3. The van der Waals surface area contributed by atoms with Crippen molar-refractivity contribution in [2.45, 2.75) is 6.92 Å². The minimum absolute atomic E-state index is 0.619. The van der Waals surface area contributed by atoms with Gasteiger partial charge in [0, 0.05) is 29.6 Å². The Balaban J connectivity index is 1.59. The Morgan fingerprint density at radius 2 is 1.50 bits per heavy atom. The van der Waals surface area contributed by atoms with Gasteiger partial charge in [0.15, 0.2) is 5.82 Å². The van der Waals surface area contributed by atoms with Gasteiger partial charge in [0.05, 0.1) is 5.52 Å². The van der Waals surface area contributed by atoms with Gasteiger partial charge in [-0.25, -0.2) is 9.97 Å². The SMILES string of the molecule is Cc1ccc(-c2cc(N(C)c3nc(-c4ccccc4)nc4ccccc34)on2)cc1. The molecule has 5 aromatic rings. The van der Waals surface area contributed by atoms with Gasteiger partial charge in [0.2, 0.25) is 5.88 Å². The van der Waals surface area contributed by atoms with Crippen LogP contribution < -0.4 is 4.90 Å². The van der Waals surface area contributed by atoms with E-state index in [9.17, 15) is 0 Å². The molecule has 5 rings (SSSR count). The first-order valence-electron chi connectivity index (χ1n) is 9.79. The van der Waals surface area contributed by atoms with Crippen LogP contribution in [0.4, 0.5) is 11.7 Å². The molecule has 5 nitrogen and oxygen atoms in total. The highest BCUT2D eigenvalue weighted by Crippen LogP contribution is 2.33. The largest absolute Gasteiger partial charge is 0.338 e. The smallest absolute Gasteiger partial charge is 0.233 e. The van der Waals surface area contributed by atoms with E-state index < -0.39 is 0 Å². The monoisotopic (exact) mass is 392 g/mol. The van der Waals surface area contributed by atoms with Crippen molar-refractivity contribution in [2.24, 2.45) is 0 Å². The van der Waals surface area contributed by atoms with Crippen molar-refractivity contribution in [1.82, 2.24) is 15.1 Å². The number of hydrogen-bond donors (Lipinski definition) is 0. The van der Waals surface area contributed by atoms with E-state index in [2.05, 4.69) is 24.2 Å². The first-order chi connectivity index (χ1) is 14.7. The zero-order valence-electron chi connectivity index (χ0n) is 16.8. The van der Waals surface area contributed by atoms with Crippen molar-refractivity contribution < 1.29 is 4.52 Å². The number of hydrogen-bond acceptors (Lipinski definition) is 5. The third kappa shape index (κ3) is 3.31. The van der Waals surface area contributed by atoms with Crippen LogP contribution in [-0.2, 0) is 0 Å². The van der Waals surface area contributed by atoms with Gasteiger partial charge in [0.25, 0.3) is 0 Å². The number of anilines is 2. The summed E-state index contributed by atoms with van der Waals surface area (Å²) in [6.07, 6.45) is 0. The molecule has 2 heterocycles. The van der Waals surface area contributed by atoms with E-state index in [4.69, 9.17) is 14.5 Å². The standard InChI is InChI=1S/C25H20N4O/c1-17-12-14-18(15-13-17)22-16-23(30-28-22)29(2)25-20-10-6-7-11-21(20)26-24(27-25)19-8-4-3-5-9-19/h3-16H,1-2H3. The molecule has 3 aromatic carbocycles. The Labute approximate surface area is 174 Å². The molecule has 0 aliphatic rings. The average Bonchev–Trinajstić information content (AvgIpc) is 3.29. The predicted molar refractivity (Wildman–Crippen MR) is 120 cm³/mol. The van der Waals surface area contributed by atoms with Crippen LogP contribution in [0.25, 0.3) is 33.5 Å². The lowest BCUT2D eigenvalue weighted by Gasteiger charge is -2.17. The van der Waals surface area contributed by atoms with Crippen molar-refractivity contribution in [3.63, 3.8) is 0 Å². The lowest BCUT2D eigenvalue weighted by atomic mass is 10.1. The van der Waals surface area contributed by atoms with Crippen LogP contribution in [0.15, 0.2) is 89.5 Å². The molecule has 0 spiro atoms. The number of para-hydroxylation sites is 1. The highest BCUT2D eigenvalue weighted by molar-refractivity contribution is 5.92. The Morgan fingerprint density at radius 3 is 2.30 bits per heavy atom. The summed E-state index contributed by atoms with van der Waals surface area (Å²) in [7, 11) is 1.93. The van der Waals surface area contributed by atoms with E-state index in [1.54, 1.807) is 0 Å². The minimum Gasteiger partial charge on any atom is -0.338 e. The highest BCUT2D eigenvalue weighted by Gasteiger charge is 2.18. The molecule has 0 aliphatic heterocycles. The van der Waals surface area contributed by atoms with E-state index >= 15 is 0 Å². The number of fused-ring (bicyclic) bond motifs is 1. The van der Waals surface area contributed by atoms with E-state index in [0.29, 0.717) is 11.7 Å². The summed E-state index contributed by atoms with van der Waals surface area (Å²) in [6.45, 7) is 2.07. The molecule has 0 atom stereocenters. The third-order valence-corrected chi connectivity index (χ3v) is 5.11. The molecule has 0 saturated heterocycles. The summed E-state index contributed by atoms with van der Waals surface area (Å²) in [5.74, 6) is 2.06. The molecule has 0 radical (unpaired) electrons. The first kappa shape index (κ1) is 18.1. The van der Waals surface area contributed by atoms with E-state index in [1.807, 2.05) is 84.7 Å². The van der Waals surface area contributed by atoms with Crippen LogP contribution >= 0.6 is 0 Å². The summed E-state index contributed by atoms with van der Waals surface area (Å²) >= 11 is 0. The first-order valence-corrected chi connectivity index (χ1v) is 9.79. The van der Waals surface area contributed by atoms with Crippen LogP contribution in [-0.4, -0.2) is 22.2 Å². The fourth-order valence-corrected chi connectivity index (χ4v) is 3.42. The summed E-state index contributed by atoms with van der Waals surface area (Å²) < 4.78 is 5.68. The Bertz CT molecular complexity index is 1310. The summed E-state index contributed by atoms with van der Waals surface area (Å²) in [4.78, 5) is 11.5. The fraction of sp³-hybridized carbons (Fsp3) is 0.0800. The van der Waals surface area contributed by atoms with Gasteiger partial charge in [-0.3, -0.25) is 4.90 Å². The zero-order chi connectivity index (χ0) is 20.5. The Morgan fingerprint density at radius 1 is 0.767 bits per heavy atom. The Hall–Kier alpha value is -3.99. The van der Waals surface area contributed by atoms with Crippen LogP contribution in [0.5, 0.6) is 0 Å². The summed E-state index contributed by atoms with van der Waals surface area (Å²) in [5, 5.41) is 5.22. The highest BCUT2D eigenvalue weighted by atomic mass is 16.5. The third-order valence-electron chi connectivity index (χ3n) is 5.11. The molecule has 0 saturated carbocycles. The molecule has 0 bridgehead atoms. The van der Waals surface area contributed by atoms with Crippen molar-refractivity contribution in [2.75, 3.05) is 11.9 Å². The van der Waals surface area contributed by atoms with E-state index in [1.165, 1.54) is 5.56 Å². The lowest BCUT2D eigenvalue weighted by Crippen LogP contribution is -2.12. The van der Waals surface area contributed by atoms with Crippen molar-refractivity contribution in [1.29, 1.82) is 0 Å². The van der Waals surface area contributed by atoms with Gasteiger partial charge >= 0.3 is 0 Å². The quantitative estimate of drug-likeness (QED) is 0.374. The zero-order valence-corrected chi connectivity index (χ0v) is 16.8. The van der Waals surface area contributed by atoms with Gasteiger partial charge in [-0.2, -0.15) is 0 Å². The van der Waals surface area contributed by atoms with Crippen molar-refractivity contribution in [3.05, 3.63) is 90.5 Å². The van der Waals surface area contributed by atoms with Gasteiger partial charge in [-0.1, -0.05) is 77.5 Å². The second kappa shape index (κ2) is 7.44. The molecule has 2 aromatic heterocycles. The van der Waals surface area contributed by atoms with Gasteiger partial charge < -0.3 is 4.52 Å². The van der Waals surface area contributed by atoms with Gasteiger partial charge in [0.1, 0.15) is 11.5 Å². The van der Waals surface area contributed by atoms with Crippen molar-refractivity contribution in [3.8, 4) is 22.6 Å². The number of nitrogens with zero attached hydrogens (tertiary/aromatic N) is 4. The molecule has 146 valence electrons. The maximum atomic E-state index is 5.68. The molecule has 0 unspecified atom stereocenters. The van der Waals surface area contributed by atoms with E-state index in [-0.39, 0.29) is 0 Å². The minimum atomic E-state index is 0.619. The lowest BCUT2D eigenvalue weighted by molar-refractivity contribution is 0.428. The summed E-state index contributed by atoms with van der Waals surface area (Å²) in [5.41, 5.74) is 4.86. The second-order valence-corrected chi connectivity index (χ2v) is 7.23. The molecule has 0 N–H and O–H groups in total. The van der Waals surface area contributed by atoms with Crippen LogP contribution in [0.1, 0.15) is 5.56 Å². The molecular formula is C25H20N4O. The maximum absolute atomic E-state index is 5.68. The van der Waals surface area contributed by atoms with E-state index in [0.717, 1.165) is 33.5 Å². The number of aryl methyl sites for hydroxylation is 1. The topological polar surface area (TPSA) is 55.1 Å². The second-order valence-electron chi connectivity index (χ2n) is 7.23. The fourth-order valence-electron chi connectivity index (χ4n) is 3.42. The molecule has 0 fully saturated rings. The van der Waals surface area contributed by atoms with Crippen LogP contribution in [0.3, 0.4) is 0 Å². The molecule has 30 heavy (non-hydrogen) atoms. The predicted octanol–water partition coefficient (Wildman–Crippen LogP) is 6.03. The van der Waals surface area contributed by atoms with Gasteiger partial charge in [-0.05, 0) is 19.1 Å². The van der Waals surface area contributed by atoms with Gasteiger partial charge in [-0.15, -0.1) is 0 Å². The molecule has 0 aliphatic carbocycles. The maximum Gasteiger partial charge on any atom is 0.233 e. The molecular weight excluding hydrogens is 372 g/mol.